The van der Waals surface area contributed by atoms with E-state index in [1.54, 1.807) is 0 Å². The lowest BCUT2D eigenvalue weighted by Gasteiger charge is -2.16. The highest BCUT2D eigenvalue weighted by atomic mass is 35.5. The minimum atomic E-state index is 0.696. The molecule has 0 amide bonds. The van der Waals surface area contributed by atoms with Gasteiger partial charge in [-0.15, -0.1) is 0 Å². The van der Waals surface area contributed by atoms with Gasteiger partial charge in [-0.05, 0) is 43.0 Å². The van der Waals surface area contributed by atoms with Gasteiger partial charge in [-0.3, -0.25) is 0 Å². The third-order valence-corrected chi connectivity index (χ3v) is 3.89. The third-order valence-electron chi connectivity index (χ3n) is 3.66. The van der Waals surface area contributed by atoms with Crippen LogP contribution in [0.4, 0.5) is 11.8 Å². The Morgan fingerprint density at radius 1 is 1.19 bits per heavy atom. The van der Waals surface area contributed by atoms with Crippen molar-refractivity contribution in [2.75, 3.05) is 29.9 Å². The lowest BCUT2D eigenvalue weighted by molar-refractivity contribution is 0.917. The van der Waals surface area contributed by atoms with Gasteiger partial charge in [0.05, 0.1) is 0 Å². The van der Waals surface area contributed by atoms with Crippen molar-refractivity contribution >= 4 is 23.4 Å². The molecule has 1 saturated heterocycles. The summed E-state index contributed by atoms with van der Waals surface area (Å²) in [6.45, 7) is 2.99. The first-order valence-electron chi connectivity index (χ1n) is 7.37. The van der Waals surface area contributed by atoms with Crippen LogP contribution in [0.2, 0.25) is 5.02 Å². The molecule has 3 rings (SSSR count). The fraction of sp³-hybridized carbons (Fsp3) is 0.375. The molecule has 5 heteroatoms. The molecule has 4 nitrogen and oxygen atoms in total. The van der Waals surface area contributed by atoms with Crippen molar-refractivity contribution < 1.29 is 0 Å². The van der Waals surface area contributed by atoms with Crippen LogP contribution >= 0.6 is 11.6 Å². The first kappa shape index (κ1) is 14.1. The largest absolute Gasteiger partial charge is 0.356 e. The Kier molecular flexibility index (Phi) is 4.55. The summed E-state index contributed by atoms with van der Waals surface area (Å²) in [7, 11) is 0. The van der Waals surface area contributed by atoms with Crippen molar-refractivity contribution in [2.24, 2.45) is 0 Å². The van der Waals surface area contributed by atoms with Crippen molar-refractivity contribution in [3.05, 3.63) is 47.1 Å². The molecule has 1 aromatic carbocycles. The molecule has 0 atom stereocenters. The van der Waals surface area contributed by atoms with Crippen LogP contribution in [0.25, 0.3) is 0 Å². The van der Waals surface area contributed by atoms with E-state index >= 15 is 0 Å². The maximum atomic E-state index is 5.98. The summed E-state index contributed by atoms with van der Waals surface area (Å²) in [5.41, 5.74) is 1.21. The van der Waals surface area contributed by atoms with E-state index in [4.69, 9.17) is 11.6 Å². The molecule has 21 heavy (non-hydrogen) atoms. The number of benzene rings is 1. The van der Waals surface area contributed by atoms with E-state index in [1.807, 2.05) is 30.5 Å². The van der Waals surface area contributed by atoms with Crippen LogP contribution in [0, 0.1) is 0 Å². The monoisotopic (exact) mass is 302 g/mol. The molecule has 1 aliphatic heterocycles. The van der Waals surface area contributed by atoms with Gasteiger partial charge >= 0.3 is 0 Å². The molecule has 1 N–H and O–H groups in total. The smallest absolute Gasteiger partial charge is 0.224 e. The van der Waals surface area contributed by atoms with Crippen molar-refractivity contribution in [2.45, 2.75) is 19.3 Å². The summed E-state index contributed by atoms with van der Waals surface area (Å²) >= 11 is 5.98. The molecular weight excluding hydrogens is 284 g/mol. The fourth-order valence-electron chi connectivity index (χ4n) is 2.57. The molecule has 0 aliphatic carbocycles. The van der Waals surface area contributed by atoms with Crippen LogP contribution in [-0.2, 0) is 6.42 Å². The van der Waals surface area contributed by atoms with E-state index in [-0.39, 0.29) is 0 Å². The number of halogens is 1. The lowest BCUT2D eigenvalue weighted by Crippen LogP contribution is -2.20. The predicted molar refractivity (Wildman–Crippen MR) is 87.1 cm³/mol. The SMILES string of the molecule is Clc1cccc(CCNc2nccc(N3CCCC3)n2)c1. The topological polar surface area (TPSA) is 41.1 Å². The highest BCUT2D eigenvalue weighted by Crippen LogP contribution is 2.18. The zero-order valence-electron chi connectivity index (χ0n) is 11.9. The summed E-state index contributed by atoms with van der Waals surface area (Å²) in [5, 5.41) is 4.06. The Hall–Kier alpha value is -1.81. The lowest BCUT2D eigenvalue weighted by atomic mass is 10.1. The molecule has 2 aromatic rings. The van der Waals surface area contributed by atoms with E-state index in [2.05, 4.69) is 26.3 Å². The summed E-state index contributed by atoms with van der Waals surface area (Å²) in [6.07, 6.45) is 5.23. The highest BCUT2D eigenvalue weighted by Gasteiger charge is 2.13. The van der Waals surface area contributed by atoms with E-state index in [9.17, 15) is 0 Å². The minimum Gasteiger partial charge on any atom is -0.356 e. The number of hydrogen-bond donors (Lipinski definition) is 1. The summed E-state index contributed by atoms with van der Waals surface area (Å²) in [6, 6.07) is 9.91. The van der Waals surface area contributed by atoms with Gasteiger partial charge in [0.2, 0.25) is 5.95 Å². The van der Waals surface area contributed by atoms with Crippen LogP contribution in [0.15, 0.2) is 36.5 Å². The number of hydrogen-bond acceptors (Lipinski definition) is 4. The number of anilines is 2. The van der Waals surface area contributed by atoms with E-state index in [1.165, 1.54) is 18.4 Å². The second-order valence-corrected chi connectivity index (χ2v) is 5.68. The Morgan fingerprint density at radius 2 is 2.05 bits per heavy atom. The zero-order chi connectivity index (χ0) is 14.5. The van der Waals surface area contributed by atoms with Gasteiger partial charge in [0.25, 0.3) is 0 Å². The van der Waals surface area contributed by atoms with Crippen molar-refractivity contribution in [3.8, 4) is 0 Å². The normalized spacial score (nSPS) is 14.4. The van der Waals surface area contributed by atoms with Gasteiger partial charge in [0.15, 0.2) is 0 Å². The molecule has 110 valence electrons. The maximum absolute atomic E-state index is 5.98. The number of aromatic nitrogens is 2. The van der Waals surface area contributed by atoms with E-state index in [0.29, 0.717) is 5.95 Å². The molecule has 2 heterocycles. The fourth-order valence-corrected chi connectivity index (χ4v) is 2.78. The van der Waals surface area contributed by atoms with Gasteiger partial charge in [0.1, 0.15) is 5.82 Å². The molecule has 0 unspecified atom stereocenters. The Labute approximate surface area is 130 Å². The van der Waals surface area contributed by atoms with E-state index < -0.39 is 0 Å². The molecule has 1 aliphatic rings. The first-order valence-corrected chi connectivity index (χ1v) is 7.75. The van der Waals surface area contributed by atoms with Crippen molar-refractivity contribution in [3.63, 3.8) is 0 Å². The Balaban J connectivity index is 1.56. The van der Waals surface area contributed by atoms with Crippen molar-refractivity contribution in [1.82, 2.24) is 9.97 Å². The van der Waals surface area contributed by atoms with Crippen LogP contribution in [0.3, 0.4) is 0 Å². The number of nitrogens with one attached hydrogen (secondary N) is 1. The second-order valence-electron chi connectivity index (χ2n) is 5.24. The quantitative estimate of drug-likeness (QED) is 0.919. The second kappa shape index (κ2) is 6.76. The average molecular weight is 303 g/mol. The Morgan fingerprint density at radius 3 is 2.86 bits per heavy atom. The van der Waals surface area contributed by atoms with Crippen LogP contribution in [-0.4, -0.2) is 29.6 Å². The molecular formula is C16H19ClN4. The summed E-state index contributed by atoms with van der Waals surface area (Å²) < 4.78 is 0. The number of rotatable bonds is 5. The average Bonchev–Trinajstić information content (AvgIpc) is 3.02. The highest BCUT2D eigenvalue weighted by molar-refractivity contribution is 6.30. The molecule has 0 spiro atoms. The first-order chi connectivity index (χ1) is 10.3. The van der Waals surface area contributed by atoms with Gasteiger partial charge in [-0.1, -0.05) is 23.7 Å². The van der Waals surface area contributed by atoms with Crippen molar-refractivity contribution in [1.29, 1.82) is 0 Å². The standard InChI is InChI=1S/C16H19ClN4/c17-14-5-3-4-13(12-14)6-8-18-16-19-9-7-15(20-16)21-10-1-2-11-21/h3-5,7,9,12H,1-2,6,8,10-11H2,(H,18,19,20). The van der Waals surface area contributed by atoms with Crippen LogP contribution in [0.5, 0.6) is 0 Å². The van der Waals surface area contributed by atoms with Gasteiger partial charge in [0, 0.05) is 30.9 Å². The van der Waals surface area contributed by atoms with E-state index in [0.717, 1.165) is 36.9 Å². The van der Waals surface area contributed by atoms with Gasteiger partial charge in [-0.25, -0.2) is 4.98 Å². The minimum absolute atomic E-state index is 0.696. The van der Waals surface area contributed by atoms with Crippen LogP contribution < -0.4 is 10.2 Å². The third kappa shape index (κ3) is 3.85. The molecule has 0 saturated carbocycles. The Bertz CT molecular complexity index is 596. The van der Waals surface area contributed by atoms with Gasteiger partial charge in [-0.2, -0.15) is 4.98 Å². The van der Waals surface area contributed by atoms with Gasteiger partial charge < -0.3 is 10.2 Å². The molecule has 1 fully saturated rings. The maximum Gasteiger partial charge on any atom is 0.224 e. The molecule has 0 bridgehead atoms. The summed E-state index contributed by atoms with van der Waals surface area (Å²) in [4.78, 5) is 11.2. The van der Waals surface area contributed by atoms with Crippen LogP contribution in [0.1, 0.15) is 18.4 Å². The molecule has 0 radical (unpaired) electrons. The number of nitrogens with zero attached hydrogens (tertiary/aromatic N) is 3. The zero-order valence-corrected chi connectivity index (χ0v) is 12.7. The molecule has 1 aromatic heterocycles. The summed E-state index contributed by atoms with van der Waals surface area (Å²) in [5.74, 6) is 1.72. The predicted octanol–water partition coefficient (Wildman–Crippen LogP) is 3.38.